The Bertz CT molecular complexity index is 1500. The molecule has 9 heteroatoms. The van der Waals surface area contributed by atoms with Crippen LogP contribution in [0.2, 0.25) is 0 Å². The first-order valence-electron chi connectivity index (χ1n) is 16.0. The van der Waals surface area contributed by atoms with Gasteiger partial charge < -0.3 is 24.5 Å². The average molecular weight is 630 g/mol. The highest BCUT2D eigenvalue weighted by atomic mass is 32.2. The van der Waals surface area contributed by atoms with Crippen molar-refractivity contribution in [2.45, 2.75) is 62.2 Å². The second-order valence-corrected chi connectivity index (χ2v) is 14.6. The van der Waals surface area contributed by atoms with Gasteiger partial charge in [-0.2, -0.15) is 0 Å². The quantitative estimate of drug-likeness (QED) is 0.406. The number of anilines is 1. The number of nitrogens with zero attached hydrogens (tertiary/aromatic N) is 3. The van der Waals surface area contributed by atoms with Gasteiger partial charge in [0.2, 0.25) is 17.7 Å². The summed E-state index contributed by atoms with van der Waals surface area (Å²) < 4.78 is 3.93. The van der Waals surface area contributed by atoms with E-state index in [0.29, 0.717) is 26.2 Å². The lowest BCUT2D eigenvalue weighted by Crippen LogP contribution is -2.58. The lowest BCUT2D eigenvalue weighted by Gasteiger charge is -2.41. The van der Waals surface area contributed by atoms with E-state index in [1.165, 1.54) is 0 Å². The van der Waals surface area contributed by atoms with Crippen LogP contribution >= 0.6 is 11.8 Å². The minimum Gasteiger partial charge on any atom is -0.494 e. The van der Waals surface area contributed by atoms with E-state index in [4.69, 9.17) is 4.74 Å². The van der Waals surface area contributed by atoms with Crippen LogP contribution in [0, 0.1) is 17.8 Å². The van der Waals surface area contributed by atoms with Crippen LogP contribution in [-0.2, 0) is 20.9 Å². The summed E-state index contributed by atoms with van der Waals surface area (Å²) in [6.07, 6.45) is 8.86. The van der Waals surface area contributed by atoms with Crippen LogP contribution in [0.25, 0.3) is 0 Å². The van der Waals surface area contributed by atoms with E-state index >= 15 is 0 Å². The van der Waals surface area contributed by atoms with Crippen molar-refractivity contribution in [2.24, 2.45) is 17.8 Å². The lowest BCUT2D eigenvalue weighted by atomic mass is 9.74. The summed E-state index contributed by atoms with van der Waals surface area (Å²) >= 11 is 1.57. The van der Waals surface area contributed by atoms with Gasteiger partial charge in [0, 0.05) is 30.1 Å². The summed E-state index contributed by atoms with van der Waals surface area (Å²) in [5.74, 6) is -1.30. The average Bonchev–Trinajstić information content (AvgIpc) is 3.31. The fourth-order valence-corrected chi connectivity index (χ4v) is 9.89. The molecular formula is C36H43N3O5S. The van der Waals surface area contributed by atoms with Gasteiger partial charge in [-0.05, 0) is 49.6 Å². The zero-order chi connectivity index (χ0) is 31.9. The SMILES string of the molecule is CCOc1ccc(N2CC=C[C@]3(C)S[C@]45C=CCN(Cc6ccccc6)C(=O)C4N([C@@H](CO)[C@@H](C)CC)C(=O)[C@@H]5[C@@H]3C2=O)cc1. The molecule has 1 spiro atoms. The summed E-state index contributed by atoms with van der Waals surface area (Å²) in [7, 11) is 0. The summed E-state index contributed by atoms with van der Waals surface area (Å²) in [4.78, 5) is 49.6. The fraction of sp³-hybridized carbons (Fsp3) is 0.472. The minimum atomic E-state index is -0.971. The summed E-state index contributed by atoms with van der Waals surface area (Å²) in [5.41, 5.74) is 1.74. The predicted octanol–water partition coefficient (Wildman–Crippen LogP) is 4.68. The highest BCUT2D eigenvalue weighted by Gasteiger charge is 2.74. The Morgan fingerprint density at radius 1 is 0.933 bits per heavy atom. The first-order valence-corrected chi connectivity index (χ1v) is 16.9. The summed E-state index contributed by atoms with van der Waals surface area (Å²) in [5, 5.41) is 10.7. The van der Waals surface area contributed by atoms with Gasteiger partial charge in [-0.3, -0.25) is 14.4 Å². The largest absolute Gasteiger partial charge is 0.494 e. The number of likely N-dealkylation sites (tertiary alicyclic amines) is 1. The maximum Gasteiger partial charge on any atom is 0.247 e. The number of carbonyl (C=O) groups is 3. The number of hydrogen-bond acceptors (Lipinski definition) is 6. The molecule has 238 valence electrons. The third-order valence-corrected chi connectivity index (χ3v) is 11.9. The van der Waals surface area contributed by atoms with Crippen molar-refractivity contribution in [3.05, 3.63) is 84.5 Å². The molecule has 4 aliphatic rings. The molecule has 45 heavy (non-hydrogen) atoms. The van der Waals surface area contributed by atoms with Crippen LogP contribution in [0.15, 0.2) is 78.9 Å². The van der Waals surface area contributed by atoms with Crippen LogP contribution < -0.4 is 9.64 Å². The van der Waals surface area contributed by atoms with E-state index < -0.39 is 33.4 Å². The van der Waals surface area contributed by atoms with E-state index in [-0.39, 0.29) is 30.2 Å². The molecule has 2 saturated heterocycles. The maximum absolute atomic E-state index is 14.9. The van der Waals surface area contributed by atoms with Gasteiger partial charge in [0.25, 0.3) is 0 Å². The highest BCUT2D eigenvalue weighted by Crippen LogP contribution is 2.66. The Balaban J connectivity index is 1.44. The number of fused-ring (bicyclic) bond motifs is 2. The molecule has 2 aromatic rings. The lowest BCUT2D eigenvalue weighted by molar-refractivity contribution is -0.147. The minimum absolute atomic E-state index is 0.0427. The van der Waals surface area contributed by atoms with E-state index in [1.54, 1.807) is 26.5 Å². The zero-order valence-electron chi connectivity index (χ0n) is 26.5. The first kappa shape index (κ1) is 31.4. The van der Waals surface area contributed by atoms with Crippen LogP contribution in [0.4, 0.5) is 5.69 Å². The molecule has 0 bridgehead atoms. The van der Waals surface area contributed by atoms with E-state index in [1.807, 2.05) is 101 Å². The molecule has 2 aromatic carbocycles. The Kier molecular flexibility index (Phi) is 8.61. The molecule has 0 radical (unpaired) electrons. The molecule has 6 rings (SSSR count). The van der Waals surface area contributed by atoms with Gasteiger partial charge in [0.15, 0.2) is 0 Å². The van der Waals surface area contributed by atoms with Crippen molar-refractivity contribution < 1.29 is 24.2 Å². The predicted molar refractivity (Wildman–Crippen MR) is 177 cm³/mol. The Morgan fingerprint density at radius 2 is 1.64 bits per heavy atom. The molecule has 0 aromatic heterocycles. The number of ether oxygens (including phenoxy) is 1. The number of carbonyl (C=O) groups excluding carboxylic acids is 3. The second-order valence-electron chi connectivity index (χ2n) is 12.8. The Hall–Kier alpha value is -3.56. The van der Waals surface area contributed by atoms with E-state index in [0.717, 1.165) is 23.4 Å². The van der Waals surface area contributed by atoms with Gasteiger partial charge in [0.05, 0.1) is 35.8 Å². The molecule has 1 unspecified atom stereocenters. The van der Waals surface area contributed by atoms with Gasteiger partial charge in [-0.25, -0.2) is 0 Å². The summed E-state index contributed by atoms with van der Waals surface area (Å²) in [6, 6.07) is 15.9. The van der Waals surface area contributed by atoms with Gasteiger partial charge in [-0.1, -0.05) is 74.9 Å². The Morgan fingerprint density at radius 3 is 2.31 bits per heavy atom. The molecule has 4 heterocycles. The molecule has 2 fully saturated rings. The van der Waals surface area contributed by atoms with Crippen LogP contribution in [-0.4, -0.2) is 80.5 Å². The van der Waals surface area contributed by atoms with Crippen molar-refractivity contribution in [1.29, 1.82) is 0 Å². The number of benzene rings is 2. The standard InChI is InChI=1S/C36H43N3O5S/c1-5-24(3)28(23-40)39-31-34(43)37(22-25-12-8-7-9-13-25)20-11-19-36(31)30(33(39)42)29-32(41)38(21-10-18-35(29,4)45-36)26-14-16-27(17-15-26)44-6-2/h7-19,24,28-31,40H,5-6,20-23H2,1-4H3/t24-,28-,29+,30-,31?,35-,36-/m0/s1. The molecule has 0 saturated carbocycles. The van der Waals surface area contributed by atoms with Gasteiger partial charge in [0.1, 0.15) is 11.8 Å². The topological polar surface area (TPSA) is 90.4 Å². The molecule has 1 N–H and O–H groups in total. The number of amides is 3. The molecule has 3 amide bonds. The van der Waals surface area contributed by atoms with Crippen molar-refractivity contribution >= 4 is 35.2 Å². The number of aliphatic hydroxyl groups is 1. The zero-order valence-corrected chi connectivity index (χ0v) is 27.3. The first-order chi connectivity index (χ1) is 21.7. The number of thioether (sulfide) groups is 1. The third-order valence-electron chi connectivity index (χ3n) is 10.1. The summed E-state index contributed by atoms with van der Waals surface area (Å²) in [6.45, 7) is 9.48. The maximum atomic E-state index is 14.9. The number of hydrogen-bond donors (Lipinski definition) is 1. The Labute approximate surface area is 270 Å². The smallest absolute Gasteiger partial charge is 0.247 e. The number of aliphatic hydroxyl groups excluding tert-OH is 1. The molecule has 7 atom stereocenters. The van der Waals surface area contributed by atoms with Gasteiger partial charge >= 0.3 is 0 Å². The van der Waals surface area contributed by atoms with Crippen LogP contribution in [0.3, 0.4) is 0 Å². The van der Waals surface area contributed by atoms with Crippen molar-refractivity contribution in [3.8, 4) is 5.75 Å². The van der Waals surface area contributed by atoms with E-state index in [2.05, 4.69) is 6.08 Å². The van der Waals surface area contributed by atoms with Crippen LogP contribution in [0.5, 0.6) is 5.75 Å². The fourth-order valence-electron chi connectivity index (χ4n) is 7.75. The van der Waals surface area contributed by atoms with Crippen molar-refractivity contribution in [3.63, 3.8) is 0 Å². The number of rotatable bonds is 9. The van der Waals surface area contributed by atoms with E-state index in [9.17, 15) is 19.5 Å². The third kappa shape index (κ3) is 5.18. The van der Waals surface area contributed by atoms with Crippen molar-refractivity contribution in [2.75, 3.05) is 31.2 Å². The normalized spacial score (nSPS) is 30.5. The molecule has 8 nitrogen and oxygen atoms in total. The highest BCUT2D eigenvalue weighted by molar-refractivity contribution is 8.02. The second kappa shape index (κ2) is 12.3. The monoisotopic (exact) mass is 629 g/mol. The molecule has 4 aliphatic heterocycles. The molecule has 0 aliphatic carbocycles. The van der Waals surface area contributed by atoms with Crippen LogP contribution in [0.1, 0.15) is 39.7 Å². The van der Waals surface area contributed by atoms with Crippen molar-refractivity contribution in [1.82, 2.24) is 9.80 Å². The van der Waals surface area contributed by atoms with Gasteiger partial charge in [-0.15, -0.1) is 11.8 Å². The molecular weight excluding hydrogens is 586 g/mol.